The maximum atomic E-state index is 5.51. The van der Waals surface area contributed by atoms with Gasteiger partial charge in [0.2, 0.25) is 0 Å². The van der Waals surface area contributed by atoms with Crippen LogP contribution in [0.3, 0.4) is 0 Å². The molecule has 1 fully saturated rings. The number of aliphatic imine (C=N–C) groups is 1. The summed E-state index contributed by atoms with van der Waals surface area (Å²) in [5.74, 6) is 0.324. The molecule has 2 N–H and O–H groups in total. The Kier molecular flexibility index (Phi) is 4.97. The summed E-state index contributed by atoms with van der Waals surface area (Å²) in [5, 5.41) is 0. The van der Waals surface area contributed by atoms with Crippen LogP contribution in [0.4, 0.5) is 0 Å². The number of rotatable bonds is 3. The van der Waals surface area contributed by atoms with Crippen LogP contribution in [-0.2, 0) is 9.47 Å². The van der Waals surface area contributed by atoms with Gasteiger partial charge in [-0.3, -0.25) is 4.99 Å². The quantitative estimate of drug-likeness (QED) is 0.623. The largest absolute Gasteiger partial charge is 0.482 e. The normalized spacial score (nSPS) is 24.9. The van der Waals surface area contributed by atoms with E-state index in [4.69, 9.17) is 15.2 Å². The molecular weight excluding hydrogens is 248 g/mol. The lowest BCUT2D eigenvalue weighted by atomic mass is 10.2. The molecule has 14 heavy (non-hydrogen) atoms. The molecule has 0 amide bonds. The van der Waals surface area contributed by atoms with E-state index in [1.807, 2.05) is 0 Å². The van der Waals surface area contributed by atoms with E-state index < -0.39 is 0 Å². The maximum Gasteiger partial charge on any atom is 0.200 e. The molecule has 0 radical (unpaired) electrons. The van der Waals surface area contributed by atoms with Crippen molar-refractivity contribution in [2.24, 2.45) is 10.7 Å². The summed E-state index contributed by atoms with van der Waals surface area (Å²) in [4.78, 5) is 4.24. The van der Waals surface area contributed by atoms with Gasteiger partial charge in [0.05, 0.1) is 11.6 Å². The fourth-order valence-corrected chi connectivity index (χ4v) is 1.43. The summed E-state index contributed by atoms with van der Waals surface area (Å²) in [6.45, 7) is 0.795. The topological polar surface area (TPSA) is 56.8 Å². The van der Waals surface area contributed by atoms with Gasteiger partial charge >= 0.3 is 0 Å². The van der Waals surface area contributed by atoms with Gasteiger partial charge in [-0.2, -0.15) is 0 Å². The molecule has 1 aliphatic rings. The molecule has 0 saturated carbocycles. The third-order valence-corrected chi connectivity index (χ3v) is 2.56. The Balaban J connectivity index is 2.45. The Morgan fingerprint density at radius 3 is 3.00 bits per heavy atom. The minimum atomic E-state index is -0.0269. The second-order valence-corrected chi connectivity index (χ2v) is 3.87. The highest BCUT2D eigenvalue weighted by molar-refractivity contribution is 9.12. The van der Waals surface area contributed by atoms with Gasteiger partial charge in [0.1, 0.15) is 6.23 Å². The van der Waals surface area contributed by atoms with Crippen LogP contribution >= 0.6 is 15.9 Å². The lowest BCUT2D eigenvalue weighted by Gasteiger charge is -2.18. The summed E-state index contributed by atoms with van der Waals surface area (Å²) < 4.78 is 10.9. The van der Waals surface area contributed by atoms with Crippen LogP contribution in [0, 0.1) is 0 Å². The molecule has 1 unspecified atom stereocenters. The third-order valence-electron chi connectivity index (χ3n) is 1.97. The first-order valence-electron chi connectivity index (χ1n) is 4.58. The molecule has 1 heterocycles. The highest BCUT2D eigenvalue weighted by Crippen LogP contribution is 2.14. The van der Waals surface area contributed by atoms with E-state index in [0.29, 0.717) is 10.4 Å². The maximum absolute atomic E-state index is 5.51. The van der Waals surface area contributed by atoms with Gasteiger partial charge in [0, 0.05) is 12.8 Å². The number of nitrogens with two attached hydrogens (primary N) is 1. The number of nitrogens with zero attached hydrogens (tertiary/aromatic N) is 1. The van der Waals surface area contributed by atoms with Crippen LogP contribution in [-0.4, -0.2) is 26.2 Å². The van der Waals surface area contributed by atoms with E-state index in [-0.39, 0.29) is 6.23 Å². The van der Waals surface area contributed by atoms with E-state index >= 15 is 0 Å². The highest BCUT2D eigenvalue weighted by Gasteiger charge is 2.11. The van der Waals surface area contributed by atoms with Gasteiger partial charge in [-0.15, -0.1) is 0 Å². The molecule has 1 saturated heterocycles. The van der Waals surface area contributed by atoms with E-state index in [1.54, 1.807) is 6.21 Å². The number of allylic oxidation sites excluding steroid dienone is 1. The second-order valence-electron chi connectivity index (χ2n) is 3.02. The molecule has 80 valence electrons. The Hall–Kier alpha value is -0.550. The number of methoxy groups -OCH3 is 1. The van der Waals surface area contributed by atoms with E-state index in [9.17, 15) is 0 Å². The first-order chi connectivity index (χ1) is 6.74. The van der Waals surface area contributed by atoms with Crippen molar-refractivity contribution in [3.63, 3.8) is 0 Å². The zero-order valence-corrected chi connectivity index (χ0v) is 9.79. The zero-order valence-electron chi connectivity index (χ0n) is 8.20. The molecule has 0 aromatic rings. The second kappa shape index (κ2) is 6.03. The van der Waals surface area contributed by atoms with Gasteiger partial charge in [0.15, 0.2) is 5.88 Å². The predicted octanol–water partition coefficient (Wildman–Crippen LogP) is 1.75. The molecule has 0 spiro atoms. The monoisotopic (exact) mass is 262 g/mol. The van der Waals surface area contributed by atoms with Gasteiger partial charge in [-0.25, -0.2) is 0 Å². The van der Waals surface area contributed by atoms with E-state index in [0.717, 1.165) is 19.4 Å². The minimum absolute atomic E-state index is 0.0269. The molecule has 0 aromatic carbocycles. The first kappa shape index (κ1) is 11.5. The lowest BCUT2D eigenvalue weighted by molar-refractivity contribution is 0.0227. The van der Waals surface area contributed by atoms with Crippen molar-refractivity contribution < 1.29 is 9.47 Å². The highest BCUT2D eigenvalue weighted by atomic mass is 79.9. The van der Waals surface area contributed by atoms with Crippen molar-refractivity contribution >= 4 is 22.1 Å². The molecule has 1 rings (SSSR count). The van der Waals surface area contributed by atoms with Crippen molar-refractivity contribution in [3.8, 4) is 0 Å². The molecule has 1 atom stereocenters. The SMILES string of the molecule is COC(N)=C(Br)C=NC1CCCCO1. The fourth-order valence-electron chi connectivity index (χ4n) is 1.15. The molecule has 4 nitrogen and oxygen atoms in total. The number of ether oxygens (including phenoxy) is 2. The Bertz CT molecular complexity index is 235. The zero-order chi connectivity index (χ0) is 10.4. The van der Waals surface area contributed by atoms with E-state index in [1.165, 1.54) is 13.5 Å². The smallest absolute Gasteiger partial charge is 0.200 e. The van der Waals surface area contributed by atoms with Crippen LogP contribution in [0.1, 0.15) is 19.3 Å². The summed E-state index contributed by atoms with van der Waals surface area (Å²) in [5.41, 5.74) is 5.51. The van der Waals surface area contributed by atoms with Gasteiger partial charge in [0.25, 0.3) is 0 Å². The number of hydrogen-bond acceptors (Lipinski definition) is 4. The number of halogens is 1. The summed E-state index contributed by atoms with van der Waals surface area (Å²) in [7, 11) is 1.52. The third kappa shape index (κ3) is 3.67. The molecule has 5 heteroatoms. The van der Waals surface area contributed by atoms with Gasteiger partial charge in [-0.05, 0) is 35.2 Å². The van der Waals surface area contributed by atoms with Gasteiger partial charge < -0.3 is 15.2 Å². The van der Waals surface area contributed by atoms with Crippen molar-refractivity contribution in [1.29, 1.82) is 0 Å². The molecule has 0 bridgehead atoms. The van der Waals surface area contributed by atoms with Crippen LogP contribution < -0.4 is 5.73 Å². The van der Waals surface area contributed by atoms with Crippen LogP contribution in [0.15, 0.2) is 15.4 Å². The first-order valence-corrected chi connectivity index (χ1v) is 5.37. The lowest BCUT2D eigenvalue weighted by Crippen LogP contribution is -2.16. The standard InChI is InChI=1S/C9H15BrN2O2/c1-13-9(11)7(10)6-12-8-4-2-3-5-14-8/h6,8H,2-5,11H2,1H3. The van der Waals surface area contributed by atoms with Crippen LogP contribution in [0.2, 0.25) is 0 Å². The van der Waals surface area contributed by atoms with E-state index in [2.05, 4.69) is 20.9 Å². The van der Waals surface area contributed by atoms with Gasteiger partial charge in [-0.1, -0.05) is 0 Å². The molecule has 1 aliphatic heterocycles. The minimum Gasteiger partial charge on any atom is -0.482 e. The molecule has 0 aromatic heterocycles. The van der Waals surface area contributed by atoms with Crippen LogP contribution in [0.5, 0.6) is 0 Å². The Labute approximate surface area is 92.3 Å². The van der Waals surface area contributed by atoms with Crippen molar-refractivity contribution in [2.75, 3.05) is 13.7 Å². The summed E-state index contributed by atoms with van der Waals surface area (Å²) in [6, 6.07) is 0. The van der Waals surface area contributed by atoms with Crippen molar-refractivity contribution in [3.05, 3.63) is 10.4 Å². The fraction of sp³-hybridized carbons (Fsp3) is 0.667. The average Bonchev–Trinajstić information content (AvgIpc) is 2.26. The summed E-state index contributed by atoms with van der Waals surface area (Å²) >= 11 is 3.26. The van der Waals surface area contributed by atoms with Crippen molar-refractivity contribution in [2.45, 2.75) is 25.5 Å². The number of hydrogen-bond donors (Lipinski definition) is 1. The Morgan fingerprint density at radius 2 is 2.43 bits per heavy atom. The predicted molar refractivity (Wildman–Crippen MR) is 59.2 cm³/mol. The molecular formula is C9H15BrN2O2. The summed E-state index contributed by atoms with van der Waals surface area (Å²) in [6.07, 6.45) is 4.88. The Morgan fingerprint density at radius 1 is 1.64 bits per heavy atom. The van der Waals surface area contributed by atoms with Crippen molar-refractivity contribution in [1.82, 2.24) is 0 Å². The average molecular weight is 263 g/mol. The van der Waals surface area contributed by atoms with Crippen LogP contribution in [0.25, 0.3) is 0 Å². The molecule has 0 aliphatic carbocycles.